The Balaban J connectivity index is 1.34. The molecule has 1 aliphatic carbocycles. The second-order valence-corrected chi connectivity index (χ2v) is 10.9. The summed E-state index contributed by atoms with van der Waals surface area (Å²) in [5.74, 6) is 1.80. The van der Waals surface area contributed by atoms with Crippen molar-refractivity contribution < 1.29 is 18.8 Å². The molecule has 1 saturated heterocycles. The Bertz CT molecular complexity index is 1610. The van der Waals surface area contributed by atoms with Gasteiger partial charge in [-0.3, -0.25) is 4.79 Å². The first kappa shape index (κ1) is 25.9. The molecule has 1 fully saturated rings. The summed E-state index contributed by atoms with van der Waals surface area (Å²) < 4.78 is 5.89. The topological polar surface area (TPSA) is 67.4 Å². The summed E-state index contributed by atoms with van der Waals surface area (Å²) in [6.07, 6.45) is 11.0. The molecule has 1 atom stereocenters. The van der Waals surface area contributed by atoms with E-state index in [2.05, 4.69) is 22.8 Å². The zero-order valence-corrected chi connectivity index (χ0v) is 23.0. The molecule has 7 heteroatoms. The highest BCUT2D eigenvalue weighted by molar-refractivity contribution is 7.99. The number of rotatable bonds is 5. The molecule has 6 nitrogen and oxygen atoms in total. The van der Waals surface area contributed by atoms with Gasteiger partial charge in [-0.2, -0.15) is 4.48 Å². The maximum Gasteiger partial charge on any atom is 0.359 e. The van der Waals surface area contributed by atoms with Crippen LogP contribution in [0, 0.1) is 0 Å². The number of benzene rings is 3. The minimum absolute atomic E-state index is 0.0353. The predicted molar refractivity (Wildman–Crippen MR) is 161 cm³/mol. The van der Waals surface area contributed by atoms with Crippen molar-refractivity contribution >= 4 is 29.3 Å². The minimum Gasteiger partial charge on any atom is -0.496 e. The van der Waals surface area contributed by atoms with Gasteiger partial charge < -0.3 is 15.4 Å². The molecule has 1 unspecified atom stereocenters. The summed E-state index contributed by atoms with van der Waals surface area (Å²) in [6, 6.07) is 22.7. The number of methoxy groups -OCH3 is 1. The lowest BCUT2D eigenvalue weighted by Gasteiger charge is -2.41. The number of carbonyl (C=O) groups is 2. The summed E-state index contributed by atoms with van der Waals surface area (Å²) >= 11 is 1.83. The number of quaternary nitrogens is 1. The van der Waals surface area contributed by atoms with Crippen LogP contribution in [0.15, 0.2) is 120 Å². The van der Waals surface area contributed by atoms with Crippen LogP contribution in [0.5, 0.6) is 5.75 Å². The molecular weight excluding hydrogens is 518 g/mol. The van der Waals surface area contributed by atoms with Crippen molar-refractivity contribution in [3.05, 3.63) is 132 Å². The largest absolute Gasteiger partial charge is 0.496 e. The lowest BCUT2D eigenvalue weighted by molar-refractivity contribution is -0.766. The van der Waals surface area contributed by atoms with Crippen LogP contribution in [0.3, 0.4) is 0 Å². The molecule has 2 N–H and O–H groups in total. The summed E-state index contributed by atoms with van der Waals surface area (Å²) in [6.45, 7) is 0.659. The lowest BCUT2D eigenvalue weighted by atomic mass is 9.98. The Kier molecular flexibility index (Phi) is 7.15. The number of fused-ring (bicyclic) bond motifs is 3. The van der Waals surface area contributed by atoms with Crippen LogP contribution >= 0.6 is 11.8 Å². The maximum atomic E-state index is 14.5. The second kappa shape index (κ2) is 11.0. The molecule has 0 spiro atoms. The van der Waals surface area contributed by atoms with Gasteiger partial charge in [-0.25, -0.2) is 4.79 Å². The predicted octanol–water partition coefficient (Wildman–Crippen LogP) is 6.49. The highest BCUT2D eigenvalue weighted by Crippen LogP contribution is 2.43. The van der Waals surface area contributed by atoms with Crippen LogP contribution in [-0.4, -0.2) is 41.5 Å². The average Bonchev–Trinajstić information content (AvgIpc) is 3.18. The van der Waals surface area contributed by atoms with Crippen LogP contribution in [0.1, 0.15) is 27.1 Å². The number of nitrogens with zero attached hydrogens (tertiary/aromatic N) is 1. The van der Waals surface area contributed by atoms with E-state index < -0.39 is 0 Å². The molecule has 3 aliphatic rings. The SMILES string of the molecule is COc1cc(NC(=O)c2ccccc2-c2ccccc2)ccc1C(=O)[N+]12CCSCC1=CNC=C1CC=CC=C12. The summed E-state index contributed by atoms with van der Waals surface area (Å²) in [5.41, 5.74) is 6.56. The lowest BCUT2D eigenvalue weighted by Crippen LogP contribution is -2.55. The third-order valence-corrected chi connectivity index (χ3v) is 8.55. The van der Waals surface area contributed by atoms with Gasteiger partial charge in [-0.1, -0.05) is 60.7 Å². The van der Waals surface area contributed by atoms with Crippen LogP contribution < -0.4 is 15.4 Å². The van der Waals surface area contributed by atoms with Gasteiger partial charge in [0.1, 0.15) is 23.6 Å². The molecule has 3 aromatic rings. The van der Waals surface area contributed by atoms with Crippen molar-refractivity contribution in [1.29, 1.82) is 0 Å². The van der Waals surface area contributed by atoms with Gasteiger partial charge in [0.05, 0.1) is 19.1 Å². The van der Waals surface area contributed by atoms with Crippen LogP contribution in [0.25, 0.3) is 11.1 Å². The molecule has 6 rings (SSSR count). The summed E-state index contributed by atoms with van der Waals surface area (Å²) in [7, 11) is 1.56. The van der Waals surface area contributed by atoms with E-state index >= 15 is 0 Å². The molecule has 2 aliphatic heterocycles. The van der Waals surface area contributed by atoms with E-state index in [0.29, 0.717) is 29.1 Å². The van der Waals surface area contributed by atoms with Crippen molar-refractivity contribution in [1.82, 2.24) is 5.32 Å². The van der Waals surface area contributed by atoms with E-state index in [1.54, 1.807) is 25.3 Å². The van der Waals surface area contributed by atoms with Gasteiger partial charge >= 0.3 is 5.91 Å². The first-order valence-electron chi connectivity index (χ1n) is 13.3. The zero-order valence-electron chi connectivity index (χ0n) is 22.2. The minimum atomic E-state index is -0.228. The third kappa shape index (κ3) is 4.57. The molecule has 3 aromatic carbocycles. The van der Waals surface area contributed by atoms with Gasteiger partial charge in [0.2, 0.25) is 0 Å². The molecule has 0 radical (unpaired) electrons. The number of hydrogen-bond donors (Lipinski definition) is 2. The quantitative estimate of drug-likeness (QED) is 0.357. The van der Waals surface area contributed by atoms with Crippen molar-refractivity contribution in [2.45, 2.75) is 6.42 Å². The molecular formula is C33H30N3O3S+. The Labute approximate surface area is 238 Å². The molecule has 200 valence electrons. The second-order valence-electron chi connectivity index (χ2n) is 9.83. The Morgan fingerprint density at radius 2 is 1.80 bits per heavy atom. The number of nitrogens with one attached hydrogen (secondary N) is 2. The molecule has 40 heavy (non-hydrogen) atoms. The number of amides is 2. The fourth-order valence-corrected chi connectivity index (χ4v) is 6.67. The summed E-state index contributed by atoms with van der Waals surface area (Å²) in [4.78, 5) is 27.9. The van der Waals surface area contributed by atoms with E-state index in [9.17, 15) is 9.59 Å². The van der Waals surface area contributed by atoms with Crippen LogP contribution in [-0.2, 0) is 0 Å². The van der Waals surface area contributed by atoms with Gasteiger partial charge in [-0.05, 0) is 35.7 Å². The fraction of sp³-hybridized carbons (Fsp3) is 0.152. The Hall–Kier alpha value is -4.33. The van der Waals surface area contributed by atoms with Gasteiger partial charge in [0.25, 0.3) is 5.91 Å². The van der Waals surface area contributed by atoms with E-state index in [1.165, 1.54) is 0 Å². The first-order valence-corrected chi connectivity index (χ1v) is 14.4. The molecule has 2 heterocycles. The highest BCUT2D eigenvalue weighted by atomic mass is 32.2. The van der Waals surface area contributed by atoms with Crippen molar-refractivity contribution in [2.75, 3.05) is 30.5 Å². The Morgan fingerprint density at radius 3 is 2.65 bits per heavy atom. The number of carbonyl (C=O) groups excluding carboxylic acids is 2. The van der Waals surface area contributed by atoms with Gasteiger partial charge in [0, 0.05) is 40.9 Å². The van der Waals surface area contributed by atoms with E-state index in [-0.39, 0.29) is 16.3 Å². The van der Waals surface area contributed by atoms with Gasteiger partial charge in [-0.15, -0.1) is 11.8 Å². The number of allylic oxidation sites excluding steroid dienone is 4. The first-order chi connectivity index (χ1) is 19.6. The zero-order chi connectivity index (χ0) is 27.5. The van der Waals surface area contributed by atoms with Crippen molar-refractivity contribution in [3.8, 4) is 16.9 Å². The number of ether oxygens (including phenoxy) is 1. The van der Waals surface area contributed by atoms with Crippen LogP contribution in [0.2, 0.25) is 0 Å². The standard InChI is InChI=1S/C33H29N3O3S/c1-39-31-19-25(35-32(37)28-13-7-6-12-27(28)23-9-3-2-4-10-23)15-16-29(31)33(38)36-17-18-40-22-26(36)21-34-20-24-11-5-8-14-30(24)36/h2-10,12-16,19-21,34H,11,17-18,22H2,1H3/p+1. The fourth-order valence-electron chi connectivity index (χ4n) is 5.61. The van der Waals surface area contributed by atoms with Gasteiger partial charge in [0.15, 0.2) is 5.70 Å². The molecule has 0 aromatic heterocycles. The summed E-state index contributed by atoms with van der Waals surface area (Å²) in [5, 5.41) is 6.32. The average molecular weight is 549 g/mol. The van der Waals surface area contributed by atoms with E-state index in [0.717, 1.165) is 46.0 Å². The number of anilines is 1. The van der Waals surface area contributed by atoms with Crippen molar-refractivity contribution in [2.24, 2.45) is 0 Å². The van der Waals surface area contributed by atoms with Crippen molar-refractivity contribution in [3.63, 3.8) is 0 Å². The molecule has 0 bridgehead atoms. The highest BCUT2D eigenvalue weighted by Gasteiger charge is 2.50. The smallest absolute Gasteiger partial charge is 0.359 e. The number of hydrogen-bond acceptors (Lipinski definition) is 5. The van der Waals surface area contributed by atoms with E-state index in [1.807, 2.05) is 84.8 Å². The van der Waals surface area contributed by atoms with E-state index in [4.69, 9.17) is 4.74 Å². The molecule has 0 saturated carbocycles. The molecule has 2 amide bonds. The third-order valence-electron chi connectivity index (χ3n) is 7.58. The maximum absolute atomic E-state index is 14.5. The number of thioether (sulfide) groups is 1. The van der Waals surface area contributed by atoms with Crippen LogP contribution in [0.4, 0.5) is 5.69 Å². The Morgan fingerprint density at radius 1 is 0.975 bits per heavy atom. The monoisotopic (exact) mass is 548 g/mol. The normalized spacial score (nSPS) is 19.5.